The number of nitrogens with one attached hydrogen (secondary N) is 3. The first-order valence-corrected chi connectivity index (χ1v) is 8.30. The standard InChI is InChI=1S/C16H14ClN5S2/c1-10-2-8-13(9-3-10)18-15(23)21-22-14(19-20-16(22)24)11-4-6-12(17)7-5-11/h2-9H,1H3,(H,20,24)(H2,18,21,23). The number of nitrogens with zero attached hydrogens (tertiary/aromatic N) is 2. The van der Waals surface area contributed by atoms with Crippen molar-refractivity contribution in [1.82, 2.24) is 14.9 Å². The molecule has 0 saturated heterocycles. The lowest BCUT2D eigenvalue weighted by molar-refractivity contribution is 0.963. The minimum absolute atomic E-state index is 0.409. The third-order valence-corrected chi connectivity index (χ3v) is 4.02. The monoisotopic (exact) mass is 375 g/mol. The van der Waals surface area contributed by atoms with Gasteiger partial charge < -0.3 is 5.32 Å². The Labute approximate surface area is 154 Å². The number of aryl methyl sites for hydroxylation is 1. The Hall–Kier alpha value is -2.22. The second-order valence-corrected chi connectivity index (χ2v) is 6.36. The summed E-state index contributed by atoms with van der Waals surface area (Å²) >= 11 is 16.6. The van der Waals surface area contributed by atoms with E-state index >= 15 is 0 Å². The average molecular weight is 376 g/mol. The molecule has 5 nitrogen and oxygen atoms in total. The number of benzene rings is 2. The third kappa shape index (κ3) is 3.81. The van der Waals surface area contributed by atoms with Crippen molar-refractivity contribution in [2.75, 3.05) is 10.7 Å². The number of thiocarbonyl (C=S) groups is 1. The third-order valence-electron chi connectivity index (χ3n) is 3.30. The van der Waals surface area contributed by atoms with Crippen LogP contribution >= 0.6 is 36.0 Å². The van der Waals surface area contributed by atoms with Crippen molar-refractivity contribution in [3.05, 3.63) is 63.9 Å². The number of hydrogen-bond donors (Lipinski definition) is 3. The molecule has 1 heterocycles. The number of rotatable bonds is 3. The summed E-state index contributed by atoms with van der Waals surface area (Å²) in [4.78, 5) is 0. The molecule has 2 aromatic carbocycles. The predicted octanol–water partition coefficient (Wildman–Crippen LogP) is 4.51. The van der Waals surface area contributed by atoms with Gasteiger partial charge in [0.05, 0.1) is 0 Å². The molecule has 0 atom stereocenters. The predicted molar refractivity (Wildman–Crippen MR) is 105 cm³/mol. The second kappa shape index (κ2) is 7.12. The van der Waals surface area contributed by atoms with Crippen LogP contribution in [0.3, 0.4) is 0 Å². The summed E-state index contributed by atoms with van der Waals surface area (Å²) in [5.74, 6) is 0.615. The fourth-order valence-corrected chi connectivity index (χ4v) is 2.60. The largest absolute Gasteiger partial charge is 0.331 e. The van der Waals surface area contributed by atoms with Crippen LogP contribution in [0.1, 0.15) is 5.56 Å². The lowest BCUT2D eigenvalue weighted by Gasteiger charge is -2.13. The van der Waals surface area contributed by atoms with Gasteiger partial charge in [-0.15, -0.1) is 0 Å². The number of hydrogen-bond acceptors (Lipinski definition) is 3. The molecule has 0 saturated carbocycles. The molecule has 3 rings (SSSR count). The van der Waals surface area contributed by atoms with Crippen LogP contribution in [0.15, 0.2) is 48.5 Å². The van der Waals surface area contributed by atoms with Gasteiger partial charge in [0.15, 0.2) is 10.9 Å². The van der Waals surface area contributed by atoms with Gasteiger partial charge in [-0.05, 0) is 67.8 Å². The highest BCUT2D eigenvalue weighted by atomic mass is 35.5. The molecule has 0 aliphatic heterocycles. The lowest BCUT2D eigenvalue weighted by atomic mass is 10.2. The van der Waals surface area contributed by atoms with Gasteiger partial charge in [-0.2, -0.15) is 5.10 Å². The van der Waals surface area contributed by atoms with Gasteiger partial charge in [0.1, 0.15) is 0 Å². The van der Waals surface area contributed by atoms with Crippen LogP contribution in [0, 0.1) is 11.7 Å². The molecule has 3 N–H and O–H groups in total. The maximum absolute atomic E-state index is 5.93. The molecule has 0 aliphatic carbocycles. The molecule has 8 heteroatoms. The van der Waals surface area contributed by atoms with Crippen LogP contribution in [0.4, 0.5) is 5.69 Å². The summed E-state index contributed by atoms with van der Waals surface area (Å²) in [6, 6.07) is 15.2. The quantitative estimate of drug-likeness (QED) is 0.588. The Morgan fingerprint density at radius 2 is 1.79 bits per heavy atom. The van der Waals surface area contributed by atoms with Crippen molar-refractivity contribution in [3.63, 3.8) is 0 Å². The van der Waals surface area contributed by atoms with Crippen LogP contribution in [-0.2, 0) is 0 Å². The van der Waals surface area contributed by atoms with Crippen molar-refractivity contribution < 1.29 is 0 Å². The number of aromatic nitrogens is 3. The van der Waals surface area contributed by atoms with Crippen molar-refractivity contribution in [1.29, 1.82) is 0 Å². The van der Waals surface area contributed by atoms with Gasteiger partial charge >= 0.3 is 0 Å². The summed E-state index contributed by atoms with van der Waals surface area (Å²) < 4.78 is 2.02. The summed E-state index contributed by atoms with van der Waals surface area (Å²) in [6.45, 7) is 2.03. The fraction of sp³-hybridized carbons (Fsp3) is 0.0625. The zero-order chi connectivity index (χ0) is 17.1. The fourth-order valence-electron chi connectivity index (χ4n) is 2.09. The molecule has 1 aromatic heterocycles. The topological polar surface area (TPSA) is 57.7 Å². The zero-order valence-corrected chi connectivity index (χ0v) is 15.1. The van der Waals surface area contributed by atoms with Crippen LogP contribution in [-0.4, -0.2) is 20.0 Å². The molecule has 0 fully saturated rings. The van der Waals surface area contributed by atoms with Crippen molar-refractivity contribution >= 4 is 46.8 Å². The molecule has 122 valence electrons. The molecule has 24 heavy (non-hydrogen) atoms. The van der Waals surface area contributed by atoms with Crippen LogP contribution < -0.4 is 10.7 Å². The maximum Gasteiger partial charge on any atom is 0.215 e. The Kier molecular flexibility index (Phi) is 4.94. The van der Waals surface area contributed by atoms with E-state index in [1.807, 2.05) is 43.3 Å². The van der Waals surface area contributed by atoms with E-state index < -0.39 is 0 Å². The van der Waals surface area contributed by atoms with E-state index in [1.165, 1.54) is 5.56 Å². The first kappa shape index (κ1) is 16.6. The highest BCUT2D eigenvalue weighted by molar-refractivity contribution is 7.80. The van der Waals surface area contributed by atoms with Gasteiger partial charge in [-0.3, -0.25) is 5.43 Å². The molecule has 0 spiro atoms. The molecule has 0 aliphatic rings. The van der Waals surface area contributed by atoms with E-state index in [-0.39, 0.29) is 0 Å². The van der Waals surface area contributed by atoms with Crippen molar-refractivity contribution in [2.24, 2.45) is 0 Å². The first-order valence-electron chi connectivity index (χ1n) is 7.11. The summed E-state index contributed by atoms with van der Waals surface area (Å²) in [6.07, 6.45) is 0. The maximum atomic E-state index is 5.93. The van der Waals surface area contributed by atoms with Crippen molar-refractivity contribution in [2.45, 2.75) is 6.92 Å². The zero-order valence-electron chi connectivity index (χ0n) is 12.7. The molecular weight excluding hydrogens is 362 g/mol. The first-order chi connectivity index (χ1) is 11.5. The summed E-state index contributed by atoms with van der Waals surface area (Å²) in [7, 11) is 0. The van der Waals surface area contributed by atoms with Gasteiger partial charge in [0, 0.05) is 16.3 Å². The van der Waals surface area contributed by atoms with Crippen LogP contribution in [0.25, 0.3) is 11.4 Å². The molecule has 3 aromatic rings. The van der Waals surface area contributed by atoms with Gasteiger partial charge in [-0.25, -0.2) is 9.77 Å². The molecule has 0 amide bonds. The number of aromatic amines is 1. The highest BCUT2D eigenvalue weighted by Gasteiger charge is 2.10. The smallest absolute Gasteiger partial charge is 0.215 e. The average Bonchev–Trinajstić information content (AvgIpc) is 2.91. The summed E-state index contributed by atoms with van der Waals surface area (Å²) in [5, 5.41) is 11.2. The van der Waals surface area contributed by atoms with E-state index in [0.717, 1.165) is 11.3 Å². The Balaban J connectivity index is 1.81. The molecule has 0 bridgehead atoms. The normalized spacial score (nSPS) is 10.4. The number of anilines is 1. The van der Waals surface area contributed by atoms with Crippen LogP contribution in [0.2, 0.25) is 5.02 Å². The van der Waals surface area contributed by atoms with Gasteiger partial charge in [-0.1, -0.05) is 29.3 Å². The minimum atomic E-state index is 0.409. The molecule has 0 radical (unpaired) electrons. The lowest BCUT2D eigenvalue weighted by Crippen LogP contribution is -2.28. The molecule has 0 unspecified atom stereocenters. The van der Waals surface area contributed by atoms with E-state index in [0.29, 0.717) is 20.7 Å². The minimum Gasteiger partial charge on any atom is -0.331 e. The van der Waals surface area contributed by atoms with Gasteiger partial charge in [0.2, 0.25) is 4.77 Å². The summed E-state index contributed by atoms with van der Waals surface area (Å²) in [5.41, 5.74) is 5.97. The Morgan fingerprint density at radius 1 is 1.12 bits per heavy atom. The highest BCUT2D eigenvalue weighted by Crippen LogP contribution is 2.19. The Morgan fingerprint density at radius 3 is 2.46 bits per heavy atom. The van der Waals surface area contributed by atoms with Gasteiger partial charge in [0.25, 0.3) is 0 Å². The second-order valence-electron chi connectivity index (χ2n) is 5.13. The van der Waals surface area contributed by atoms with Crippen LogP contribution in [0.5, 0.6) is 0 Å². The van der Waals surface area contributed by atoms with E-state index in [2.05, 4.69) is 20.9 Å². The molecular formula is C16H14ClN5S2. The van der Waals surface area contributed by atoms with E-state index in [4.69, 9.17) is 36.0 Å². The Bertz CT molecular complexity index is 913. The van der Waals surface area contributed by atoms with E-state index in [9.17, 15) is 0 Å². The van der Waals surface area contributed by atoms with Crippen molar-refractivity contribution in [3.8, 4) is 11.4 Å². The van der Waals surface area contributed by atoms with E-state index in [1.54, 1.807) is 16.8 Å². The number of H-pyrrole nitrogens is 1. The SMILES string of the molecule is Cc1ccc(NC(=S)Nn2c(-c3ccc(Cl)cc3)n[nH]c2=S)cc1. The number of halogens is 1.